The van der Waals surface area contributed by atoms with E-state index >= 15 is 4.39 Å². The molecule has 1 spiro atoms. The third-order valence-corrected chi connectivity index (χ3v) is 8.96. The summed E-state index contributed by atoms with van der Waals surface area (Å²) in [5.41, 5.74) is 2.84. The molecule has 6 rings (SSSR count). The first-order chi connectivity index (χ1) is 19.7. The lowest BCUT2D eigenvalue weighted by Gasteiger charge is -2.56. The van der Waals surface area contributed by atoms with Gasteiger partial charge in [-0.1, -0.05) is 13.0 Å². The van der Waals surface area contributed by atoms with Crippen LogP contribution in [0.1, 0.15) is 64.0 Å². The van der Waals surface area contributed by atoms with E-state index in [4.69, 9.17) is 0 Å². The first kappa shape index (κ1) is 27.7. The van der Waals surface area contributed by atoms with Gasteiger partial charge in [-0.2, -0.15) is 0 Å². The topological polar surface area (TPSA) is 75.0 Å². The van der Waals surface area contributed by atoms with Crippen LogP contribution in [0.5, 0.6) is 0 Å². The van der Waals surface area contributed by atoms with Gasteiger partial charge in [-0.25, -0.2) is 28.7 Å². The Balaban J connectivity index is 1.16. The van der Waals surface area contributed by atoms with Gasteiger partial charge >= 0.3 is 0 Å². The van der Waals surface area contributed by atoms with Gasteiger partial charge in [-0.05, 0) is 89.3 Å². The van der Waals surface area contributed by atoms with E-state index in [9.17, 15) is 4.39 Å². The molecule has 0 aliphatic carbocycles. The predicted octanol–water partition coefficient (Wildman–Crippen LogP) is 6.28. The van der Waals surface area contributed by atoms with Crippen LogP contribution in [0.3, 0.4) is 0 Å². The van der Waals surface area contributed by atoms with Crippen molar-refractivity contribution in [3.8, 4) is 11.3 Å². The Morgan fingerprint density at radius 3 is 2.39 bits per heavy atom. The highest BCUT2D eigenvalue weighted by Crippen LogP contribution is 2.44. The van der Waals surface area contributed by atoms with Crippen LogP contribution in [0.4, 0.5) is 20.5 Å². The van der Waals surface area contributed by atoms with E-state index in [1.165, 1.54) is 32.0 Å². The van der Waals surface area contributed by atoms with Gasteiger partial charge in [0.1, 0.15) is 22.9 Å². The van der Waals surface area contributed by atoms with Gasteiger partial charge < -0.3 is 14.8 Å². The summed E-state index contributed by atoms with van der Waals surface area (Å²) < 4.78 is 31.8. The van der Waals surface area contributed by atoms with Crippen molar-refractivity contribution in [1.29, 1.82) is 0 Å². The number of fused-ring (bicyclic) bond motifs is 1. The van der Waals surface area contributed by atoms with Crippen molar-refractivity contribution in [2.24, 2.45) is 5.41 Å². The molecular weight excluding hydrogens is 522 g/mol. The molecule has 1 N–H and O–H groups in total. The number of pyridine rings is 1. The highest BCUT2D eigenvalue weighted by molar-refractivity contribution is 5.83. The molecule has 0 saturated carbocycles. The van der Waals surface area contributed by atoms with Crippen LogP contribution >= 0.6 is 0 Å². The Kier molecular flexibility index (Phi) is 7.23. The second kappa shape index (κ2) is 10.7. The number of nitrogens with zero attached hydrogens (tertiary/aromatic N) is 7. The third-order valence-electron chi connectivity index (χ3n) is 8.96. The molecule has 8 nitrogen and oxygen atoms in total. The average molecular weight is 561 g/mol. The van der Waals surface area contributed by atoms with Crippen molar-refractivity contribution < 1.29 is 8.78 Å². The van der Waals surface area contributed by atoms with Gasteiger partial charge in [0.2, 0.25) is 5.95 Å². The number of halogens is 2. The molecule has 0 amide bonds. The van der Waals surface area contributed by atoms with Gasteiger partial charge in [0.05, 0.1) is 11.7 Å². The zero-order valence-electron chi connectivity index (χ0n) is 24.5. The summed E-state index contributed by atoms with van der Waals surface area (Å²) >= 11 is 0. The molecule has 1 atom stereocenters. The minimum Gasteiger partial charge on any atom is -0.326 e. The second-order valence-corrected chi connectivity index (χ2v) is 12.0. The number of aromatic nitrogens is 5. The molecule has 1 unspecified atom stereocenters. The Labute approximate surface area is 239 Å². The highest BCUT2D eigenvalue weighted by atomic mass is 19.1. The number of likely N-dealkylation sites (tertiary alicyclic amines) is 2. The van der Waals surface area contributed by atoms with Crippen molar-refractivity contribution in [2.75, 3.05) is 38.0 Å². The maximum atomic E-state index is 15.0. The highest BCUT2D eigenvalue weighted by Gasteiger charge is 2.46. The molecule has 0 bridgehead atoms. The molecule has 216 valence electrons. The Morgan fingerprint density at radius 2 is 1.73 bits per heavy atom. The standard InChI is InChI=1S/C31H38F2N8/c1-6-39-11-9-31(10-12-39)17-40(18-31)20(4)22-7-8-27(34-15-22)37-30-35-16-25(33)28(38-30)23-13-24(32)29-26(14-23)41(19(2)3)21(5)36-29/h7-8,13-16,19-20H,6,9-12,17-18H2,1-5H3,(H,34,35,37,38). The van der Waals surface area contributed by atoms with Crippen molar-refractivity contribution in [3.63, 3.8) is 0 Å². The van der Waals surface area contributed by atoms with Crippen LogP contribution in [-0.4, -0.2) is 67.0 Å². The van der Waals surface area contributed by atoms with Crippen LogP contribution < -0.4 is 5.32 Å². The van der Waals surface area contributed by atoms with Crippen molar-refractivity contribution in [3.05, 3.63) is 59.7 Å². The number of benzene rings is 1. The number of anilines is 2. The summed E-state index contributed by atoms with van der Waals surface area (Å²) in [6.45, 7) is 16.2. The quantitative estimate of drug-likeness (QED) is 0.285. The van der Waals surface area contributed by atoms with E-state index in [1.54, 1.807) is 6.07 Å². The summed E-state index contributed by atoms with van der Waals surface area (Å²) in [6.07, 6.45) is 5.54. The largest absolute Gasteiger partial charge is 0.326 e. The number of piperidine rings is 1. The first-order valence-electron chi connectivity index (χ1n) is 14.6. The minimum atomic E-state index is -0.633. The zero-order valence-corrected chi connectivity index (χ0v) is 24.5. The molecule has 1 aromatic carbocycles. The van der Waals surface area contributed by atoms with E-state index in [1.807, 2.05) is 37.6 Å². The lowest BCUT2D eigenvalue weighted by molar-refractivity contribution is -0.0660. The molecule has 4 aromatic rings. The lowest BCUT2D eigenvalue weighted by atomic mass is 9.71. The first-order valence-corrected chi connectivity index (χ1v) is 14.6. The van der Waals surface area contributed by atoms with Crippen LogP contribution in [0.25, 0.3) is 22.3 Å². The Bertz CT molecular complexity index is 1550. The molecule has 2 aliphatic heterocycles. The summed E-state index contributed by atoms with van der Waals surface area (Å²) in [5, 5.41) is 3.08. The molecule has 10 heteroatoms. The molecule has 3 aromatic heterocycles. The fourth-order valence-electron chi connectivity index (χ4n) is 6.49. The van der Waals surface area contributed by atoms with Crippen molar-refractivity contribution in [1.82, 2.24) is 34.3 Å². The summed E-state index contributed by atoms with van der Waals surface area (Å²) in [7, 11) is 0. The number of aryl methyl sites for hydroxylation is 1. The van der Waals surface area contributed by atoms with Crippen LogP contribution in [0.2, 0.25) is 0 Å². The number of hydrogen-bond acceptors (Lipinski definition) is 7. The number of rotatable bonds is 7. The Hall–Kier alpha value is -3.50. The average Bonchev–Trinajstić information content (AvgIpc) is 3.29. The predicted molar refractivity (Wildman–Crippen MR) is 157 cm³/mol. The second-order valence-electron chi connectivity index (χ2n) is 12.0. The SMILES string of the molecule is CCN1CCC2(CC1)CN(C(C)c1ccc(Nc3ncc(F)c(-c4cc(F)c5nc(C)n(C(C)C)c5c4)n3)nc1)C2. The van der Waals surface area contributed by atoms with Crippen LogP contribution in [0.15, 0.2) is 36.7 Å². The third kappa shape index (κ3) is 5.19. The minimum absolute atomic E-state index is 0.0131. The normalized spacial score (nSPS) is 18.2. The van der Waals surface area contributed by atoms with E-state index in [0.717, 1.165) is 31.4 Å². The molecule has 5 heterocycles. The molecule has 2 fully saturated rings. The number of imidazole rings is 1. The van der Waals surface area contributed by atoms with Crippen molar-refractivity contribution in [2.45, 2.75) is 59.5 Å². The van der Waals surface area contributed by atoms with Gasteiger partial charge in [0.25, 0.3) is 0 Å². The van der Waals surface area contributed by atoms with Crippen molar-refractivity contribution >= 4 is 22.8 Å². The van der Waals surface area contributed by atoms with Gasteiger partial charge in [0, 0.05) is 36.9 Å². The smallest absolute Gasteiger partial charge is 0.229 e. The van der Waals surface area contributed by atoms with Gasteiger partial charge in [0.15, 0.2) is 11.6 Å². The molecule has 2 aliphatic rings. The van der Waals surface area contributed by atoms with E-state index < -0.39 is 11.6 Å². The molecule has 41 heavy (non-hydrogen) atoms. The summed E-state index contributed by atoms with van der Waals surface area (Å²) in [4.78, 5) is 22.5. The number of nitrogens with one attached hydrogen (secondary N) is 1. The molecular formula is C31H38F2N8. The zero-order chi connectivity index (χ0) is 28.9. The van der Waals surface area contributed by atoms with Gasteiger partial charge in [-0.15, -0.1) is 0 Å². The fourth-order valence-corrected chi connectivity index (χ4v) is 6.49. The molecule has 0 radical (unpaired) electrons. The van der Waals surface area contributed by atoms with Crippen LogP contribution in [0, 0.1) is 24.0 Å². The lowest BCUT2D eigenvalue weighted by Crippen LogP contribution is -2.60. The van der Waals surface area contributed by atoms with E-state index in [2.05, 4.69) is 55.0 Å². The van der Waals surface area contributed by atoms with Gasteiger partial charge in [-0.3, -0.25) is 4.90 Å². The maximum Gasteiger partial charge on any atom is 0.229 e. The van der Waals surface area contributed by atoms with E-state index in [0.29, 0.717) is 28.1 Å². The monoisotopic (exact) mass is 560 g/mol. The number of hydrogen-bond donors (Lipinski definition) is 1. The summed E-state index contributed by atoms with van der Waals surface area (Å²) in [5.74, 6) is 0.295. The fraction of sp³-hybridized carbons (Fsp3) is 0.484. The molecule has 2 saturated heterocycles. The Morgan fingerprint density at radius 1 is 0.976 bits per heavy atom. The maximum absolute atomic E-state index is 15.0. The van der Waals surface area contributed by atoms with Crippen LogP contribution in [-0.2, 0) is 0 Å². The summed E-state index contributed by atoms with van der Waals surface area (Å²) in [6, 6.07) is 7.32. The van der Waals surface area contributed by atoms with E-state index in [-0.39, 0.29) is 29.2 Å².